The van der Waals surface area contributed by atoms with E-state index in [-0.39, 0.29) is 5.15 Å². The van der Waals surface area contributed by atoms with E-state index in [2.05, 4.69) is 25.6 Å². The fourth-order valence-corrected chi connectivity index (χ4v) is 3.98. The number of nitriles is 1. The van der Waals surface area contributed by atoms with Crippen LogP contribution in [-0.4, -0.2) is 24.1 Å². The average Bonchev–Trinajstić information content (AvgIpc) is 3.11. The molecule has 0 unspecified atom stereocenters. The Labute approximate surface area is 140 Å². The van der Waals surface area contributed by atoms with Crippen molar-refractivity contribution in [3.05, 3.63) is 35.1 Å². The zero-order chi connectivity index (χ0) is 15.5. The van der Waals surface area contributed by atoms with Gasteiger partial charge in [-0.3, -0.25) is 4.98 Å². The highest BCUT2D eigenvalue weighted by Crippen LogP contribution is 2.36. The van der Waals surface area contributed by atoms with E-state index in [0.29, 0.717) is 27.3 Å². The van der Waals surface area contributed by atoms with Crippen molar-refractivity contribution in [3.63, 3.8) is 0 Å². The molecule has 3 heterocycles. The Balaban J connectivity index is 1.99. The van der Waals surface area contributed by atoms with Crippen LogP contribution in [0.15, 0.2) is 33.8 Å². The summed E-state index contributed by atoms with van der Waals surface area (Å²) in [6.45, 7) is 2.69. The van der Waals surface area contributed by atoms with Gasteiger partial charge in [0.1, 0.15) is 21.5 Å². The van der Waals surface area contributed by atoms with Gasteiger partial charge in [-0.2, -0.15) is 9.64 Å². The summed E-state index contributed by atoms with van der Waals surface area (Å²) in [4.78, 5) is 4.30. The summed E-state index contributed by atoms with van der Waals surface area (Å²) < 4.78 is 6.65. The molecule has 0 fully saturated rings. The molecule has 3 rings (SSSR count). The monoisotopic (exact) mass is 348 g/mol. The Kier molecular flexibility index (Phi) is 4.38. The van der Waals surface area contributed by atoms with Gasteiger partial charge in [-0.05, 0) is 42.4 Å². The third-order valence-corrected chi connectivity index (χ3v) is 5.21. The van der Waals surface area contributed by atoms with Gasteiger partial charge in [0.15, 0.2) is 16.1 Å². The first-order valence-electron chi connectivity index (χ1n) is 6.32. The maximum absolute atomic E-state index is 9.14. The van der Waals surface area contributed by atoms with E-state index in [1.807, 2.05) is 29.7 Å². The minimum Gasteiger partial charge on any atom is -0.301 e. The maximum Gasteiger partial charge on any atom is 0.197 e. The van der Waals surface area contributed by atoms with Crippen LogP contribution in [0, 0.1) is 11.3 Å². The zero-order valence-corrected chi connectivity index (χ0v) is 13.8. The quantitative estimate of drug-likeness (QED) is 0.717. The first kappa shape index (κ1) is 15.0. The molecule has 6 nitrogen and oxygen atoms in total. The minimum atomic E-state index is 0.225. The largest absolute Gasteiger partial charge is 0.301 e. The fraction of sp³-hybridized carbons (Fsp3) is 0.154. The number of rotatable bonds is 4. The van der Waals surface area contributed by atoms with Crippen molar-refractivity contribution >= 4 is 34.9 Å². The summed E-state index contributed by atoms with van der Waals surface area (Å²) in [6, 6.07) is 7.70. The van der Waals surface area contributed by atoms with Crippen LogP contribution < -0.4 is 0 Å². The van der Waals surface area contributed by atoms with Gasteiger partial charge < -0.3 is 4.57 Å². The van der Waals surface area contributed by atoms with E-state index < -0.39 is 0 Å². The molecule has 0 amide bonds. The molecule has 0 radical (unpaired) electrons. The second-order valence-corrected chi connectivity index (χ2v) is 6.48. The van der Waals surface area contributed by atoms with Crippen molar-refractivity contribution in [2.45, 2.75) is 22.8 Å². The average molecular weight is 349 g/mol. The summed E-state index contributed by atoms with van der Waals surface area (Å²) >= 11 is 8.42. The third kappa shape index (κ3) is 2.70. The SMILES string of the molecule is CCn1c(Sc2snc(Cl)c2C#N)nnc1-c1ccccn1. The Morgan fingerprint density at radius 1 is 1.41 bits per heavy atom. The molecular formula is C13H9ClN6S2. The number of aromatic nitrogens is 5. The van der Waals surface area contributed by atoms with Crippen molar-refractivity contribution in [3.8, 4) is 17.6 Å². The number of pyridine rings is 1. The molecule has 0 bridgehead atoms. The summed E-state index contributed by atoms with van der Waals surface area (Å²) in [5, 5.41) is 18.5. The van der Waals surface area contributed by atoms with E-state index in [1.54, 1.807) is 6.20 Å². The topological polar surface area (TPSA) is 80.3 Å². The molecule has 0 aliphatic heterocycles. The molecule has 0 N–H and O–H groups in total. The van der Waals surface area contributed by atoms with Gasteiger partial charge in [0.05, 0.1) is 0 Å². The molecule has 0 aromatic carbocycles. The molecule has 0 saturated heterocycles. The highest BCUT2D eigenvalue weighted by molar-refractivity contribution is 8.01. The molecule has 3 aromatic rings. The Morgan fingerprint density at radius 3 is 2.95 bits per heavy atom. The van der Waals surface area contributed by atoms with Crippen LogP contribution in [0.3, 0.4) is 0 Å². The smallest absolute Gasteiger partial charge is 0.197 e. The summed E-state index contributed by atoms with van der Waals surface area (Å²) in [5.41, 5.74) is 1.13. The lowest BCUT2D eigenvalue weighted by atomic mass is 10.3. The van der Waals surface area contributed by atoms with E-state index in [1.165, 1.54) is 23.3 Å². The molecule has 110 valence electrons. The lowest BCUT2D eigenvalue weighted by Gasteiger charge is -2.05. The van der Waals surface area contributed by atoms with Gasteiger partial charge in [-0.1, -0.05) is 17.7 Å². The predicted molar refractivity (Wildman–Crippen MR) is 84.9 cm³/mol. The van der Waals surface area contributed by atoms with Crippen LogP contribution in [0.5, 0.6) is 0 Å². The summed E-state index contributed by atoms with van der Waals surface area (Å²) in [5.74, 6) is 0.694. The van der Waals surface area contributed by atoms with E-state index in [0.717, 1.165) is 5.69 Å². The van der Waals surface area contributed by atoms with Gasteiger partial charge in [0.25, 0.3) is 0 Å². The van der Waals surface area contributed by atoms with Crippen LogP contribution in [0.25, 0.3) is 11.5 Å². The standard InChI is InChI=1S/C13H9ClN6S2/c1-2-20-11(9-5-3-4-6-16-9)17-18-13(20)21-12-8(7-15)10(14)19-22-12/h3-6H,2H2,1H3. The second kappa shape index (κ2) is 6.44. The lowest BCUT2D eigenvalue weighted by Crippen LogP contribution is -2.00. The van der Waals surface area contributed by atoms with Crippen LogP contribution in [0.4, 0.5) is 0 Å². The van der Waals surface area contributed by atoms with Gasteiger partial charge in [-0.15, -0.1) is 10.2 Å². The minimum absolute atomic E-state index is 0.225. The van der Waals surface area contributed by atoms with Crippen molar-refractivity contribution < 1.29 is 0 Å². The number of hydrogen-bond donors (Lipinski definition) is 0. The first-order valence-corrected chi connectivity index (χ1v) is 8.29. The molecule has 0 spiro atoms. The Bertz CT molecular complexity index is 836. The van der Waals surface area contributed by atoms with Gasteiger partial charge in [0, 0.05) is 12.7 Å². The normalized spacial score (nSPS) is 10.6. The maximum atomic E-state index is 9.14. The molecule has 0 atom stereocenters. The highest BCUT2D eigenvalue weighted by atomic mass is 35.5. The first-order chi connectivity index (χ1) is 10.7. The molecule has 3 aromatic heterocycles. The van der Waals surface area contributed by atoms with E-state index >= 15 is 0 Å². The van der Waals surface area contributed by atoms with Crippen LogP contribution in [0.2, 0.25) is 5.15 Å². The molecule has 0 aliphatic rings. The van der Waals surface area contributed by atoms with E-state index in [9.17, 15) is 0 Å². The molecule has 22 heavy (non-hydrogen) atoms. The van der Waals surface area contributed by atoms with Crippen molar-refractivity contribution in [1.29, 1.82) is 5.26 Å². The molecule has 0 aliphatic carbocycles. The van der Waals surface area contributed by atoms with Crippen molar-refractivity contribution in [2.24, 2.45) is 0 Å². The second-order valence-electron chi connectivity index (χ2n) is 4.12. The Hall–Kier alpha value is -1.95. The number of nitrogens with zero attached hydrogens (tertiary/aromatic N) is 6. The van der Waals surface area contributed by atoms with Gasteiger partial charge in [0.2, 0.25) is 0 Å². The van der Waals surface area contributed by atoms with Crippen LogP contribution in [0.1, 0.15) is 12.5 Å². The van der Waals surface area contributed by atoms with Crippen molar-refractivity contribution in [1.82, 2.24) is 24.1 Å². The van der Waals surface area contributed by atoms with Gasteiger partial charge >= 0.3 is 0 Å². The van der Waals surface area contributed by atoms with Gasteiger partial charge in [-0.25, -0.2) is 0 Å². The number of hydrogen-bond acceptors (Lipinski definition) is 7. The molecule has 9 heteroatoms. The molecular weight excluding hydrogens is 340 g/mol. The summed E-state index contributed by atoms with van der Waals surface area (Å²) in [7, 11) is 0. The van der Waals surface area contributed by atoms with Crippen LogP contribution >= 0.6 is 34.9 Å². The third-order valence-electron chi connectivity index (χ3n) is 2.84. The predicted octanol–water partition coefficient (Wildman–Crippen LogP) is 3.49. The molecule has 0 saturated carbocycles. The lowest BCUT2D eigenvalue weighted by molar-refractivity contribution is 0.686. The zero-order valence-electron chi connectivity index (χ0n) is 11.4. The highest BCUT2D eigenvalue weighted by Gasteiger charge is 2.19. The van der Waals surface area contributed by atoms with Crippen molar-refractivity contribution in [2.75, 3.05) is 0 Å². The fourth-order valence-electron chi connectivity index (χ4n) is 1.84. The Morgan fingerprint density at radius 2 is 2.27 bits per heavy atom. The summed E-state index contributed by atoms with van der Waals surface area (Å²) in [6.07, 6.45) is 1.72. The van der Waals surface area contributed by atoms with Crippen LogP contribution in [-0.2, 0) is 6.54 Å². The number of halogens is 1. The van der Waals surface area contributed by atoms with E-state index in [4.69, 9.17) is 16.9 Å².